The fraction of sp³-hybridized carbons (Fsp3) is 0.133. The van der Waals surface area contributed by atoms with Gasteiger partial charge < -0.3 is 4.74 Å². The average molecular weight is 345 g/mol. The van der Waals surface area contributed by atoms with Gasteiger partial charge in [-0.3, -0.25) is 4.72 Å². The number of nitrogens with one attached hydrogen (secondary N) is 1. The molecule has 2 aromatic heterocycles. The van der Waals surface area contributed by atoms with Gasteiger partial charge in [-0.05, 0) is 37.3 Å². The molecule has 0 aliphatic rings. The maximum atomic E-state index is 12.4. The summed E-state index contributed by atoms with van der Waals surface area (Å²) in [5, 5.41) is 4.04. The SMILES string of the molecule is CCOc1ccc(S(=O)(=O)Nc2cc(-n3cccn3)ncn2)cc1. The van der Waals surface area contributed by atoms with Gasteiger partial charge >= 0.3 is 0 Å². The van der Waals surface area contributed by atoms with Gasteiger partial charge in [-0.1, -0.05) is 0 Å². The number of anilines is 1. The molecule has 0 spiro atoms. The molecule has 9 heteroatoms. The first-order valence-corrected chi connectivity index (χ1v) is 8.64. The third-order valence-corrected chi connectivity index (χ3v) is 4.45. The lowest BCUT2D eigenvalue weighted by Gasteiger charge is -2.09. The molecular weight excluding hydrogens is 330 g/mol. The lowest BCUT2D eigenvalue weighted by atomic mass is 10.3. The van der Waals surface area contributed by atoms with Crippen LogP contribution in [-0.4, -0.2) is 34.8 Å². The Balaban J connectivity index is 1.83. The van der Waals surface area contributed by atoms with Crippen LogP contribution in [0.3, 0.4) is 0 Å². The summed E-state index contributed by atoms with van der Waals surface area (Å²) in [6, 6.07) is 9.40. The zero-order valence-corrected chi connectivity index (χ0v) is 13.6. The van der Waals surface area contributed by atoms with E-state index in [0.29, 0.717) is 18.2 Å². The molecule has 3 rings (SSSR count). The van der Waals surface area contributed by atoms with E-state index in [2.05, 4.69) is 19.8 Å². The van der Waals surface area contributed by atoms with Crippen molar-refractivity contribution in [1.29, 1.82) is 0 Å². The molecule has 1 aromatic carbocycles. The van der Waals surface area contributed by atoms with Gasteiger partial charge in [0.1, 0.15) is 17.9 Å². The molecule has 0 fully saturated rings. The van der Waals surface area contributed by atoms with Crippen molar-refractivity contribution in [3.05, 3.63) is 55.1 Å². The summed E-state index contributed by atoms with van der Waals surface area (Å²) >= 11 is 0. The van der Waals surface area contributed by atoms with Crippen LogP contribution in [0.1, 0.15) is 6.92 Å². The van der Waals surface area contributed by atoms with Crippen LogP contribution < -0.4 is 9.46 Å². The van der Waals surface area contributed by atoms with Crippen LogP contribution in [0, 0.1) is 0 Å². The van der Waals surface area contributed by atoms with Gasteiger partial charge in [0, 0.05) is 18.5 Å². The van der Waals surface area contributed by atoms with Crippen LogP contribution in [0.5, 0.6) is 5.75 Å². The minimum Gasteiger partial charge on any atom is -0.494 e. The number of nitrogens with zero attached hydrogens (tertiary/aromatic N) is 4. The zero-order chi connectivity index (χ0) is 17.0. The predicted molar refractivity (Wildman–Crippen MR) is 87.6 cm³/mol. The van der Waals surface area contributed by atoms with E-state index < -0.39 is 10.0 Å². The Morgan fingerprint density at radius 2 is 2.00 bits per heavy atom. The molecule has 0 atom stereocenters. The van der Waals surface area contributed by atoms with E-state index in [4.69, 9.17) is 4.74 Å². The van der Waals surface area contributed by atoms with Crippen LogP contribution in [0.4, 0.5) is 5.82 Å². The summed E-state index contributed by atoms with van der Waals surface area (Å²) in [5.74, 6) is 1.23. The van der Waals surface area contributed by atoms with Crippen molar-refractivity contribution in [2.75, 3.05) is 11.3 Å². The number of sulfonamides is 1. The lowest BCUT2D eigenvalue weighted by Crippen LogP contribution is -2.14. The summed E-state index contributed by atoms with van der Waals surface area (Å²) < 4.78 is 34.1. The van der Waals surface area contributed by atoms with Crippen molar-refractivity contribution in [1.82, 2.24) is 19.7 Å². The highest BCUT2D eigenvalue weighted by Crippen LogP contribution is 2.19. The van der Waals surface area contributed by atoms with Gasteiger partial charge in [0.05, 0.1) is 11.5 Å². The van der Waals surface area contributed by atoms with Gasteiger partial charge in [0.25, 0.3) is 10.0 Å². The molecule has 0 bridgehead atoms. The molecule has 1 N–H and O–H groups in total. The number of rotatable bonds is 6. The minimum atomic E-state index is -3.76. The fourth-order valence-corrected chi connectivity index (χ4v) is 3.01. The van der Waals surface area contributed by atoms with Crippen LogP contribution in [0.25, 0.3) is 5.82 Å². The van der Waals surface area contributed by atoms with Gasteiger partial charge in [0.2, 0.25) is 0 Å². The first-order valence-electron chi connectivity index (χ1n) is 7.16. The average Bonchev–Trinajstić information content (AvgIpc) is 3.10. The summed E-state index contributed by atoms with van der Waals surface area (Å²) in [6.45, 7) is 2.37. The highest BCUT2D eigenvalue weighted by molar-refractivity contribution is 7.92. The van der Waals surface area contributed by atoms with Crippen molar-refractivity contribution < 1.29 is 13.2 Å². The Bertz CT molecular complexity index is 909. The van der Waals surface area contributed by atoms with E-state index in [1.165, 1.54) is 29.2 Å². The summed E-state index contributed by atoms with van der Waals surface area (Å²) in [5.41, 5.74) is 0. The molecule has 2 heterocycles. The van der Waals surface area contributed by atoms with Crippen LogP contribution in [0.15, 0.2) is 60.0 Å². The molecule has 24 heavy (non-hydrogen) atoms. The molecule has 3 aromatic rings. The highest BCUT2D eigenvalue weighted by atomic mass is 32.2. The Kier molecular flexibility index (Phi) is 4.43. The molecule has 0 saturated carbocycles. The molecular formula is C15H15N5O3S. The van der Waals surface area contributed by atoms with E-state index in [9.17, 15) is 8.42 Å². The first kappa shape index (κ1) is 15.9. The molecule has 0 unspecified atom stereocenters. The van der Waals surface area contributed by atoms with Crippen LogP contribution >= 0.6 is 0 Å². The monoisotopic (exact) mass is 345 g/mol. The number of hydrogen-bond acceptors (Lipinski definition) is 6. The van der Waals surface area contributed by atoms with Gasteiger partial charge in [0.15, 0.2) is 5.82 Å². The van der Waals surface area contributed by atoms with Gasteiger partial charge in [-0.2, -0.15) is 5.10 Å². The van der Waals surface area contributed by atoms with Crippen molar-refractivity contribution in [2.45, 2.75) is 11.8 Å². The zero-order valence-electron chi connectivity index (χ0n) is 12.8. The number of hydrogen-bond donors (Lipinski definition) is 1. The summed E-state index contributed by atoms with van der Waals surface area (Å²) in [6.07, 6.45) is 4.58. The van der Waals surface area contributed by atoms with E-state index in [-0.39, 0.29) is 10.7 Å². The Hall–Kier alpha value is -2.94. The van der Waals surface area contributed by atoms with Crippen molar-refractivity contribution in [2.24, 2.45) is 0 Å². The van der Waals surface area contributed by atoms with Crippen LogP contribution in [0.2, 0.25) is 0 Å². The second-order valence-electron chi connectivity index (χ2n) is 4.72. The number of aromatic nitrogens is 4. The molecule has 124 valence electrons. The number of ether oxygens (including phenoxy) is 1. The van der Waals surface area contributed by atoms with Crippen molar-refractivity contribution in [3.8, 4) is 11.6 Å². The van der Waals surface area contributed by atoms with Crippen molar-refractivity contribution >= 4 is 15.8 Å². The minimum absolute atomic E-state index is 0.116. The molecule has 0 radical (unpaired) electrons. The second-order valence-corrected chi connectivity index (χ2v) is 6.40. The summed E-state index contributed by atoms with van der Waals surface area (Å²) in [4.78, 5) is 8.11. The Labute approximate surface area is 139 Å². The first-order chi connectivity index (χ1) is 11.6. The molecule has 8 nitrogen and oxygen atoms in total. The number of benzene rings is 1. The third kappa shape index (κ3) is 3.51. The van der Waals surface area contributed by atoms with Crippen molar-refractivity contribution in [3.63, 3.8) is 0 Å². The maximum Gasteiger partial charge on any atom is 0.263 e. The molecule has 0 aliphatic carbocycles. The smallest absolute Gasteiger partial charge is 0.263 e. The highest BCUT2D eigenvalue weighted by Gasteiger charge is 2.15. The van der Waals surface area contributed by atoms with E-state index in [1.807, 2.05) is 6.92 Å². The van der Waals surface area contributed by atoms with Gasteiger partial charge in [-0.15, -0.1) is 0 Å². The normalized spacial score (nSPS) is 11.2. The molecule has 0 aliphatic heterocycles. The largest absolute Gasteiger partial charge is 0.494 e. The van der Waals surface area contributed by atoms with Gasteiger partial charge in [-0.25, -0.2) is 23.1 Å². The second kappa shape index (κ2) is 6.67. The van der Waals surface area contributed by atoms with Crippen LogP contribution in [-0.2, 0) is 10.0 Å². The standard InChI is InChI=1S/C15H15N5O3S/c1-2-23-12-4-6-13(7-5-12)24(21,22)19-14-10-15(17-11-16-14)20-9-3-8-18-20/h3-11H,2H2,1H3,(H,16,17,19). The van der Waals surface area contributed by atoms with E-state index in [0.717, 1.165) is 0 Å². The predicted octanol–water partition coefficient (Wildman–Crippen LogP) is 1.86. The maximum absolute atomic E-state index is 12.4. The van der Waals surface area contributed by atoms with E-state index in [1.54, 1.807) is 30.6 Å². The quantitative estimate of drug-likeness (QED) is 0.732. The summed E-state index contributed by atoms with van der Waals surface area (Å²) in [7, 11) is -3.76. The third-order valence-electron chi connectivity index (χ3n) is 3.08. The molecule has 0 amide bonds. The fourth-order valence-electron chi connectivity index (χ4n) is 2.01. The topological polar surface area (TPSA) is 99.0 Å². The Morgan fingerprint density at radius 3 is 2.67 bits per heavy atom. The Morgan fingerprint density at radius 1 is 1.21 bits per heavy atom. The van der Waals surface area contributed by atoms with E-state index >= 15 is 0 Å². The molecule has 0 saturated heterocycles. The lowest BCUT2D eigenvalue weighted by molar-refractivity contribution is 0.340.